The van der Waals surface area contributed by atoms with Crippen LogP contribution in [-0.4, -0.2) is 19.9 Å². The number of aryl methyl sites for hydroxylation is 2. The first-order chi connectivity index (χ1) is 8.74. The monoisotopic (exact) mass is 245 g/mol. The lowest BCUT2D eigenvalue weighted by Gasteiger charge is -2.12. The lowest BCUT2D eigenvalue weighted by Crippen LogP contribution is -2.07. The molecule has 4 heteroatoms. The van der Waals surface area contributed by atoms with Gasteiger partial charge in [0, 0.05) is 25.4 Å². The van der Waals surface area contributed by atoms with Gasteiger partial charge in [0.2, 0.25) is 0 Å². The molecule has 0 bridgehead atoms. The largest absolute Gasteiger partial charge is 0.386 e. The average molecular weight is 245 g/mol. The Balaban J connectivity index is 2.13. The Labute approximate surface area is 107 Å². The summed E-state index contributed by atoms with van der Waals surface area (Å²) in [5.74, 6) is 0. The molecule has 4 nitrogen and oxygen atoms in total. The molecule has 0 saturated carbocycles. The van der Waals surface area contributed by atoms with Gasteiger partial charge in [0.05, 0.1) is 11.9 Å². The molecule has 96 valence electrons. The summed E-state index contributed by atoms with van der Waals surface area (Å²) in [6.45, 7) is 4.96. The van der Waals surface area contributed by atoms with E-state index in [2.05, 4.69) is 17.0 Å². The predicted molar refractivity (Wildman–Crippen MR) is 70.2 cm³/mol. The third-order valence-corrected chi connectivity index (χ3v) is 3.06. The van der Waals surface area contributed by atoms with E-state index in [0.29, 0.717) is 6.42 Å². The quantitative estimate of drug-likeness (QED) is 0.878. The van der Waals surface area contributed by atoms with E-state index in [-0.39, 0.29) is 0 Å². The zero-order valence-corrected chi connectivity index (χ0v) is 10.9. The van der Waals surface area contributed by atoms with Crippen LogP contribution < -0.4 is 0 Å². The van der Waals surface area contributed by atoms with Gasteiger partial charge in [0.25, 0.3) is 0 Å². The smallest absolute Gasteiger partial charge is 0.100 e. The summed E-state index contributed by atoms with van der Waals surface area (Å²) in [7, 11) is 0. The summed E-state index contributed by atoms with van der Waals surface area (Å²) in [6.07, 6.45) is 6.39. The van der Waals surface area contributed by atoms with Gasteiger partial charge < -0.3 is 5.11 Å². The summed E-state index contributed by atoms with van der Waals surface area (Å²) in [5.41, 5.74) is 2.93. The van der Waals surface area contributed by atoms with Gasteiger partial charge in [-0.05, 0) is 30.5 Å². The maximum Gasteiger partial charge on any atom is 0.100 e. The molecule has 1 unspecified atom stereocenters. The highest BCUT2D eigenvalue weighted by Gasteiger charge is 2.14. The van der Waals surface area contributed by atoms with Crippen molar-refractivity contribution in [3.05, 3.63) is 47.5 Å². The van der Waals surface area contributed by atoms with Crippen LogP contribution in [0.15, 0.2) is 30.7 Å². The minimum atomic E-state index is -0.560. The number of aliphatic hydroxyl groups excluding tert-OH is 1. The van der Waals surface area contributed by atoms with E-state index in [4.69, 9.17) is 0 Å². The van der Waals surface area contributed by atoms with Crippen LogP contribution in [0.25, 0.3) is 0 Å². The van der Waals surface area contributed by atoms with Gasteiger partial charge in [-0.3, -0.25) is 9.67 Å². The molecule has 1 N–H and O–H groups in total. The van der Waals surface area contributed by atoms with Crippen LogP contribution in [-0.2, 0) is 19.4 Å². The summed E-state index contributed by atoms with van der Waals surface area (Å²) in [4.78, 5) is 4.30. The highest BCUT2D eigenvalue weighted by atomic mass is 16.3. The number of aromatic nitrogens is 3. The number of pyridine rings is 1. The normalized spacial score (nSPS) is 12.6. The van der Waals surface area contributed by atoms with Crippen LogP contribution >= 0.6 is 0 Å². The molecule has 0 fully saturated rings. The minimum absolute atomic E-state index is 0.560. The lowest BCUT2D eigenvalue weighted by atomic mass is 10.0. The minimum Gasteiger partial charge on any atom is -0.386 e. The molecule has 0 spiro atoms. The van der Waals surface area contributed by atoms with Gasteiger partial charge in [-0.2, -0.15) is 5.10 Å². The Morgan fingerprint density at radius 1 is 1.39 bits per heavy atom. The second kappa shape index (κ2) is 5.78. The zero-order chi connectivity index (χ0) is 13.0. The second-order valence-electron chi connectivity index (χ2n) is 4.33. The Morgan fingerprint density at radius 3 is 2.89 bits per heavy atom. The van der Waals surface area contributed by atoms with Crippen molar-refractivity contribution in [1.82, 2.24) is 14.8 Å². The van der Waals surface area contributed by atoms with Crippen molar-refractivity contribution in [3.63, 3.8) is 0 Å². The average Bonchev–Trinajstić information content (AvgIpc) is 2.86. The van der Waals surface area contributed by atoms with Crippen molar-refractivity contribution < 1.29 is 5.11 Å². The van der Waals surface area contributed by atoms with Crippen molar-refractivity contribution in [3.8, 4) is 0 Å². The number of rotatable bonds is 5. The van der Waals surface area contributed by atoms with Crippen molar-refractivity contribution in [2.75, 3.05) is 0 Å². The van der Waals surface area contributed by atoms with Crippen LogP contribution in [0.4, 0.5) is 0 Å². The Hall–Kier alpha value is -1.68. The summed E-state index contributed by atoms with van der Waals surface area (Å²) in [5, 5.41) is 14.5. The van der Waals surface area contributed by atoms with Gasteiger partial charge in [0.15, 0.2) is 0 Å². The number of aliphatic hydroxyl groups is 1. The molecule has 0 aliphatic heterocycles. The third-order valence-electron chi connectivity index (χ3n) is 3.06. The number of hydrogen-bond donors (Lipinski definition) is 1. The van der Waals surface area contributed by atoms with Crippen LogP contribution in [0.1, 0.15) is 36.8 Å². The fourth-order valence-electron chi connectivity index (χ4n) is 2.05. The molecule has 2 aromatic rings. The fourth-order valence-corrected chi connectivity index (χ4v) is 2.05. The van der Waals surface area contributed by atoms with Gasteiger partial charge in [-0.15, -0.1) is 0 Å². The van der Waals surface area contributed by atoms with Crippen LogP contribution in [0.3, 0.4) is 0 Å². The molecular formula is C14H19N3O. The van der Waals surface area contributed by atoms with E-state index in [1.807, 2.05) is 29.9 Å². The molecule has 2 rings (SSSR count). The van der Waals surface area contributed by atoms with Gasteiger partial charge in [0.1, 0.15) is 6.10 Å². The molecule has 1 atom stereocenters. The number of nitrogens with zero attached hydrogens (tertiary/aromatic N) is 3. The summed E-state index contributed by atoms with van der Waals surface area (Å²) >= 11 is 0. The molecule has 0 aliphatic rings. The molecule has 0 aromatic carbocycles. The Bertz CT molecular complexity index is 507. The first-order valence-electron chi connectivity index (χ1n) is 6.37. The molecule has 2 aromatic heterocycles. The standard InChI is InChI=1S/C14H19N3O/c1-3-12-6-5-7-15-14(12)13(18)8-11-9-16-17(4-2)10-11/h5-7,9-10,13,18H,3-4,8H2,1-2H3. The lowest BCUT2D eigenvalue weighted by molar-refractivity contribution is 0.172. The van der Waals surface area contributed by atoms with Gasteiger partial charge >= 0.3 is 0 Å². The SMILES string of the molecule is CCc1cccnc1C(O)Cc1cnn(CC)c1. The van der Waals surface area contributed by atoms with Crippen molar-refractivity contribution in [2.45, 2.75) is 39.3 Å². The highest BCUT2D eigenvalue weighted by molar-refractivity contribution is 5.23. The van der Waals surface area contributed by atoms with Crippen molar-refractivity contribution in [2.24, 2.45) is 0 Å². The van der Waals surface area contributed by atoms with Crippen LogP contribution in [0, 0.1) is 0 Å². The van der Waals surface area contributed by atoms with Gasteiger partial charge in [-0.1, -0.05) is 13.0 Å². The van der Waals surface area contributed by atoms with E-state index in [0.717, 1.165) is 29.8 Å². The maximum atomic E-state index is 10.3. The van der Waals surface area contributed by atoms with Crippen LogP contribution in [0.2, 0.25) is 0 Å². The highest BCUT2D eigenvalue weighted by Crippen LogP contribution is 2.20. The molecule has 0 amide bonds. The summed E-state index contributed by atoms with van der Waals surface area (Å²) in [6, 6.07) is 3.92. The molecule has 0 saturated heterocycles. The van der Waals surface area contributed by atoms with E-state index >= 15 is 0 Å². The van der Waals surface area contributed by atoms with Crippen LogP contribution in [0.5, 0.6) is 0 Å². The molecular weight excluding hydrogens is 226 g/mol. The molecule has 2 heterocycles. The first kappa shape index (κ1) is 12.8. The Morgan fingerprint density at radius 2 is 2.22 bits per heavy atom. The van der Waals surface area contributed by atoms with E-state index in [1.165, 1.54) is 0 Å². The maximum absolute atomic E-state index is 10.3. The van der Waals surface area contributed by atoms with Crippen molar-refractivity contribution >= 4 is 0 Å². The van der Waals surface area contributed by atoms with E-state index < -0.39 is 6.10 Å². The zero-order valence-electron chi connectivity index (χ0n) is 10.9. The molecule has 0 radical (unpaired) electrons. The second-order valence-corrected chi connectivity index (χ2v) is 4.33. The first-order valence-corrected chi connectivity index (χ1v) is 6.37. The van der Waals surface area contributed by atoms with Crippen molar-refractivity contribution in [1.29, 1.82) is 0 Å². The Kier molecular flexibility index (Phi) is 4.10. The molecule has 18 heavy (non-hydrogen) atoms. The van der Waals surface area contributed by atoms with E-state index in [9.17, 15) is 5.11 Å². The van der Waals surface area contributed by atoms with Gasteiger partial charge in [-0.25, -0.2) is 0 Å². The fraction of sp³-hybridized carbons (Fsp3) is 0.429. The van der Waals surface area contributed by atoms with E-state index in [1.54, 1.807) is 12.4 Å². The summed E-state index contributed by atoms with van der Waals surface area (Å²) < 4.78 is 1.86. The number of hydrogen-bond acceptors (Lipinski definition) is 3. The molecule has 0 aliphatic carbocycles. The predicted octanol–water partition coefficient (Wildman–Crippen LogP) is 2.14. The topological polar surface area (TPSA) is 50.9 Å². The third kappa shape index (κ3) is 2.76.